The molecule has 0 bridgehead atoms. The lowest BCUT2D eigenvalue weighted by Gasteiger charge is -2.34. The van der Waals surface area contributed by atoms with Crippen LogP contribution in [0.1, 0.15) is 41.9 Å². The van der Waals surface area contributed by atoms with Crippen LogP contribution in [0, 0.1) is 33.6 Å². The Morgan fingerprint density at radius 3 is 2.29 bits per heavy atom. The monoisotopic (exact) mass is 446 g/mol. The molecule has 31 heavy (non-hydrogen) atoms. The van der Waals surface area contributed by atoms with Gasteiger partial charge in [-0.25, -0.2) is 8.42 Å². The van der Waals surface area contributed by atoms with E-state index in [1.807, 2.05) is 44.5 Å². The molecule has 0 saturated carbocycles. The number of piperazine rings is 1. The summed E-state index contributed by atoms with van der Waals surface area (Å²) < 4.78 is 29.6. The van der Waals surface area contributed by atoms with Gasteiger partial charge in [-0.3, -0.25) is 9.48 Å². The SMILES string of the molecule is Cc1ccc(S(=O)(=O)N2CCN(C(=O)Cc3c(C)nn(CC(C)C)c3C)CC2)c(C)c1. The predicted molar refractivity (Wildman–Crippen MR) is 121 cm³/mol. The van der Waals surface area contributed by atoms with Crippen molar-refractivity contribution in [3.05, 3.63) is 46.3 Å². The molecule has 1 aromatic heterocycles. The van der Waals surface area contributed by atoms with Crippen molar-refractivity contribution in [2.24, 2.45) is 5.92 Å². The van der Waals surface area contributed by atoms with Crippen LogP contribution in [0.5, 0.6) is 0 Å². The first-order valence-electron chi connectivity index (χ1n) is 10.9. The van der Waals surface area contributed by atoms with Crippen molar-refractivity contribution < 1.29 is 13.2 Å². The Labute approximate surface area is 186 Å². The molecule has 0 atom stereocenters. The van der Waals surface area contributed by atoms with Gasteiger partial charge in [0.1, 0.15) is 0 Å². The van der Waals surface area contributed by atoms with E-state index in [2.05, 4.69) is 18.9 Å². The minimum Gasteiger partial charge on any atom is -0.340 e. The molecule has 0 unspecified atom stereocenters. The van der Waals surface area contributed by atoms with Crippen molar-refractivity contribution in [1.82, 2.24) is 19.0 Å². The molecule has 1 amide bonds. The molecule has 2 heterocycles. The fraction of sp³-hybridized carbons (Fsp3) is 0.565. The quantitative estimate of drug-likeness (QED) is 0.684. The van der Waals surface area contributed by atoms with Gasteiger partial charge in [-0.15, -0.1) is 0 Å². The third kappa shape index (κ3) is 5.01. The van der Waals surface area contributed by atoms with Crippen LogP contribution in [0.15, 0.2) is 23.1 Å². The summed E-state index contributed by atoms with van der Waals surface area (Å²) in [6.07, 6.45) is 0.305. The number of benzene rings is 1. The van der Waals surface area contributed by atoms with Crippen LogP contribution in [0.2, 0.25) is 0 Å². The molecule has 1 fully saturated rings. The van der Waals surface area contributed by atoms with E-state index in [0.717, 1.165) is 34.6 Å². The molecule has 0 radical (unpaired) electrons. The van der Waals surface area contributed by atoms with Crippen molar-refractivity contribution in [2.45, 2.75) is 59.4 Å². The number of aromatic nitrogens is 2. The summed E-state index contributed by atoms with van der Waals surface area (Å²) in [5.41, 5.74) is 4.70. The minimum atomic E-state index is -3.56. The van der Waals surface area contributed by atoms with E-state index in [0.29, 0.717) is 43.4 Å². The number of hydrogen-bond donors (Lipinski definition) is 0. The van der Waals surface area contributed by atoms with E-state index in [1.54, 1.807) is 11.0 Å². The van der Waals surface area contributed by atoms with Gasteiger partial charge in [0.05, 0.1) is 17.0 Å². The van der Waals surface area contributed by atoms with Crippen LogP contribution >= 0.6 is 0 Å². The summed E-state index contributed by atoms with van der Waals surface area (Å²) in [6.45, 7) is 14.3. The molecule has 3 rings (SSSR count). The molecule has 1 aliphatic rings. The van der Waals surface area contributed by atoms with Crippen LogP contribution in [-0.4, -0.2) is 59.5 Å². The van der Waals surface area contributed by atoms with Crippen LogP contribution in [0.3, 0.4) is 0 Å². The first-order chi connectivity index (χ1) is 14.5. The molecule has 1 aliphatic heterocycles. The molecule has 1 saturated heterocycles. The van der Waals surface area contributed by atoms with Crippen molar-refractivity contribution >= 4 is 15.9 Å². The Morgan fingerprint density at radius 1 is 1.06 bits per heavy atom. The van der Waals surface area contributed by atoms with Gasteiger partial charge in [0, 0.05) is 44.0 Å². The first-order valence-corrected chi connectivity index (χ1v) is 12.3. The zero-order chi connectivity index (χ0) is 22.9. The third-order valence-electron chi connectivity index (χ3n) is 5.94. The van der Waals surface area contributed by atoms with Gasteiger partial charge in [0.25, 0.3) is 0 Å². The normalized spacial score (nSPS) is 15.6. The Balaban J connectivity index is 1.66. The Kier molecular flexibility index (Phi) is 6.91. The number of nitrogens with zero attached hydrogens (tertiary/aromatic N) is 4. The number of hydrogen-bond acceptors (Lipinski definition) is 4. The maximum atomic E-state index is 13.1. The topological polar surface area (TPSA) is 75.5 Å². The van der Waals surface area contributed by atoms with Crippen LogP contribution in [-0.2, 0) is 27.8 Å². The Hall–Kier alpha value is -2.19. The molecule has 7 nitrogen and oxygen atoms in total. The molecule has 170 valence electrons. The van der Waals surface area contributed by atoms with Gasteiger partial charge in [0.2, 0.25) is 15.9 Å². The summed E-state index contributed by atoms with van der Waals surface area (Å²) in [6, 6.07) is 5.39. The van der Waals surface area contributed by atoms with Gasteiger partial charge in [0.15, 0.2) is 0 Å². The molecule has 0 aliphatic carbocycles. The highest BCUT2D eigenvalue weighted by Crippen LogP contribution is 2.23. The number of carbonyl (C=O) groups is 1. The second kappa shape index (κ2) is 9.12. The summed E-state index contributed by atoms with van der Waals surface area (Å²) in [4.78, 5) is 15.1. The van der Waals surface area contributed by atoms with Crippen LogP contribution in [0.4, 0.5) is 0 Å². The molecule has 0 spiro atoms. The molecular weight excluding hydrogens is 412 g/mol. The molecule has 0 N–H and O–H groups in total. The second-order valence-corrected chi connectivity index (χ2v) is 10.9. The number of amides is 1. The first kappa shape index (κ1) is 23.5. The highest BCUT2D eigenvalue weighted by molar-refractivity contribution is 7.89. The summed E-state index contributed by atoms with van der Waals surface area (Å²) in [7, 11) is -3.56. The highest BCUT2D eigenvalue weighted by Gasteiger charge is 2.31. The summed E-state index contributed by atoms with van der Waals surface area (Å²) in [5.74, 6) is 0.507. The second-order valence-electron chi connectivity index (χ2n) is 8.96. The standard InChI is InChI=1S/C23H34N4O3S/c1-16(2)15-27-20(6)21(19(5)24-27)14-23(28)25-9-11-26(12-10-25)31(29,30)22-8-7-17(3)13-18(22)4/h7-8,13,16H,9-12,14-15H2,1-6H3. The van der Waals surface area contributed by atoms with Gasteiger partial charge in [-0.1, -0.05) is 31.5 Å². The average Bonchev–Trinajstić information content (AvgIpc) is 2.94. The Bertz CT molecular complexity index is 1060. The van der Waals surface area contributed by atoms with E-state index < -0.39 is 10.0 Å². The molecule has 1 aromatic carbocycles. The number of carbonyl (C=O) groups excluding carboxylic acids is 1. The summed E-state index contributed by atoms with van der Waals surface area (Å²) >= 11 is 0. The fourth-order valence-corrected chi connectivity index (χ4v) is 5.81. The van der Waals surface area contributed by atoms with Crippen molar-refractivity contribution in [3.8, 4) is 0 Å². The van der Waals surface area contributed by atoms with Crippen molar-refractivity contribution in [2.75, 3.05) is 26.2 Å². The summed E-state index contributed by atoms with van der Waals surface area (Å²) in [5, 5.41) is 4.60. The fourth-order valence-electron chi connectivity index (χ4n) is 4.18. The van der Waals surface area contributed by atoms with Crippen LogP contribution in [0.25, 0.3) is 0 Å². The van der Waals surface area contributed by atoms with Crippen LogP contribution < -0.4 is 0 Å². The van der Waals surface area contributed by atoms with E-state index in [1.165, 1.54) is 4.31 Å². The molecular formula is C23H34N4O3S. The smallest absolute Gasteiger partial charge is 0.243 e. The lowest BCUT2D eigenvalue weighted by molar-refractivity contribution is -0.131. The van der Waals surface area contributed by atoms with E-state index in [9.17, 15) is 13.2 Å². The number of rotatable bonds is 6. The van der Waals surface area contributed by atoms with Gasteiger partial charge in [-0.05, 0) is 45.2 Å². The van der Waals surface area contributed by atoms with E-state index >= 15 is 0 Å². The zero-order valence-electron chi connectivity index (χ0n) is 19.5. The average molecular weight is 447 g/mol. The van der Waals surface area contributed by atoms with E-state index in [-0.39, 0.29) is 5.91 Å². The maximum Gasteiger partial charge on any atom is 0.243 e. The lowest BCUT2D eigenvalue weighted by Crippen LogP contribution is -2.51. The van der Waals surface area contributed by atoms with Crippen molar-refractivity contribution in [3.63, 3.8) is 0 Å². The minimum absolute atomic E-state index is 0.0267. The van der Waals surface area contributed by atoms with Crippen molar-refractivity contribution in [1.29, 1.82) is 0 Å². The number of aryl methyl sites for hydroxylation is 3. The maximum absolute atomic E-state index is 13.1. The molecule has 2 aromatic rings. The highest BCUT2D eigenvalue weighted by atomic mass is 32.2. The lowest BCUT2D eigenvalue weighted by atomic mass is 10.1. The third-order valence-corrected chi connectivity index (χ3v) is 8.00. The zero-order valence-corrected chi connectivity index (χ0v) is 20.3. The largest absolute Gasteiger partial charge is 0.340 e. The van der Waals surface area contributed by atoms with Gasteiger partial charge < -0.3 is 4.90 Å². The number of sulfonamides is 1. The molecule has 8 heteroatoms. The van der Waals surface area contributed by atoms with Gasteiger partial charge >= 0.3 is 0 Å². The van der Waals surface area contributed by atoms with E-state index in [4.69, 9.17) is 0 Å². The predicted octanol–water partition coefficient (Wildman–Crippen LogP) is 2.85. The van der Waals surface area contributed by atoms with Gasteiger partial charge in [-0.2, -0.15) is 9.40 Å². The Morgan fingerprint density at radius 2 is 1.71 bits per heavy atom.